The second-order valence-corrected chi connectivity index (χ2v) is 7.14. The van der Waals surface area contributed by atoms with E-state index in [-0.39, 0.29) is 24.8 Å². The molecule has 8 nitrogen and oxygen atoms in total. The van der Waals surface area contributed by atoms with Gasteiger partial charge >= 0.3 is 0 Å². The number of halogens is 1. The zero-order chi connectivity index (χ0) is 19.0. The minimum atomic E-state index is -0.457. The number of fused-ring (bicyclic) bond motifs is 1. The Kier molecular flexibility index (Phi) is 4.53. The zero-order valence-corrected chi connectivity index (χ0v) is 16.0. The Morgan fingerprint density at radius 3 is 2.96 bits per heavy atom. The number of methoxy groups -OCH3 is 1. The lowest BCUT2D eigenvalue weighted by atomic mass is 10.1. The van der Waals surface area contributed by atoms with E-state index in [0.29, 0.717) is 17.4 Å². The SMILES string of the molecule is COc1ccc(NC(=O)[C@@H]2CC(=O)N(c3n[nH]c4cc(Br)ccc34)C2)cn1. The number of anilines is 2. The number of carbonyl (C=O) groups excluding carboxylic acids is 2. The molecule has 2 amide bonds. The number of amides is 2. The number of nitrogens with one attached hydrogen (secondary N) is 2. The molecule has 1 saturated heterocycles. The quantitative estimate of drug-likeness (QED) is 0.663. The fourth-order valence-electron chi connectivity index (χ4n) is 3.09. The molecule has 27 heavy (non-hydrogen) atoms. The number of H-pyrrole nitrogens is 1. The molecule has 4 rings (SSSR count). The van der Waals surface area contributed by atoms with Crippen LogP contribution in [0.3, 0.4) is 0 Å². The number of carbonyl (C=O) groups is 2. The standard InChI is InChI=1S/C18H16BrN5O3/c1-27-15-5-3-12(8-20-15)21-18(26)10-6-16(25)24(9-10)17-13-4-2-11(19)7-14(13)22-23-17/h2-5,7-8,10H,6,9H2,1H3,(H,21,26)(H,22,23)/t10-/m1/s1. The van der Waals surface area contributed by atoms with E-state index in [1.807, 2.05) is 18.2 Å². The van der Waals surface area contributed by atoms with Crippen molar-refractivity contribution < 1.29 is 14.3 Å². The van der Waals surface area contributed by atoms with Crippen molar-refractivity contribution in [3.63, 3.8) is 0 Å². The van der Waals surface area contributed by atoms with Crippen LogP contribution >= 0.6 is 15.9 Å². The molecule has 0 saturated carbocycles. The van der Waals surface area contributed by atoms with Gasteiger partial charge in [0.05, 0.1) is 30.4 Å². The lowest BCUT2D eigenvalue weighted by Gasteiger charge is -2.14. The maximum Gasteiger partial charge on any atom is 0.229 e. The van der Waals surface area contributed by atoms with Crippen LogP contribution in [0.1, 0.15) is 6.42 Å². The van der Waals surface area contributed by atoms with E-state index < -0.39 is 5.92 Å². The molecule has 1 aromatic carbocycles. The summed E-state index contributed by atoms with van der Waals surface area (Å²) >= 11 is 3.41. The van der Waals surface area contributed by atoms with Gasteiger partial charge in [-0.1, -0.05) is 15.9 Å². The number of hydrogen-bond acceptors (Lipinski definition) is 5. The Labute approximate surface area is 163 Å². The van der Waals surface area contributed by atoms with Crippen molar-refractivity contribution in [1.29, 1.82) is 0 Å². The molecule has 1 fully saturated rings. The molecular weight excluding hydrogens is 414 g/mol. The van der Waals surface area contributed by atoms with Gasteiger partial charge in [0.2, 0.25) is 17.7 Å². The summed E-state index contributed by atoms with van der Waals surface area (Å²) in [4.78, 5) is 30.7. The van der Waals surface area contributed by atoms with Crippen molar-refractivity contribution >= 4 is 50.2 Å². The van der Waals surface area contributed by atoms with E-state index >= 15 is 0 Å². The van der Waals surface area contributed by atoms with Crippen LogP contribution in [0.15, 0.2) is 41.0 Å². The summed E-state index contributed by atoms with van der Waals surface area (Å²) < 4.78 is 5.92. The van der Waals surface area contributed by atoms with E-state index in [2.05, 4.69) is 36.4 Å². The molecule has 138 valence electrons. The number of pyridine rings is 1. The molecule has 9 heteroatoms. The molecule has 0 aliphatic carbocycles. The molecule has 1 aliphatic rings. The average Bonchev–Trinajstić information content (AvgIpc) is 3.25. The second-order valence-electron chi connectivity index (χ2n) is 6.22. The Balaban J connectivity index is 1.50. The summed E-state index contributed by atoms with van der Waals surface area (Å²) in [6.07, 6.45) is 1.66. The van der Waals surface area contributed by atoms with Crippen LogP contribution in [0, 0.1) is 5.92 Å². The van der Waals surface area contributed by atoms with Gasteiger partial charge in [-0.25, -0.2) is 4.98 Å². The van der Waals surface area contributed by atoms with Gasteiger partial charge in [0.15, 0.2) is 5.82 Å². The minimum absolute atomic E-state index is 0.126. The lowest BCUT2D eigenvalue weighted by Crippen LogP contribution is -2.28. The van der Waals surface area contributed by atoms with Crippen molar-refractivity contribution in [3.8, 4) is 5.88 Å². The number of hydrogen-bond donors (Lipinski definition) is 2. The monoisotopic (exact) mass is 429 g/mol. The molecule has 2 aromatic heterocycles. The lowest BCUT2D eigenvalue weighted by molar-refractivity contribution is -0.122. The number of ether oxygens (including phenoxy) is 1. The third-order valence-electron chi connectivity index (χ3n) is 4.47. The zero-order valence-electron chi connectivity index (χ0n) is 14.4. The third-order valence-corrected chi connectivity index (χ3v) is 4.96. The highest BCUT2D eigenvalue weighted by Gasteiger charge is 2.36. The highest BCUT2D eigenvalue weighted by atomic mass is 79.9. The van der Waals surface area contributed by atoms with Crippen LogP contribution in [0.25, 0.3) is 10.9 Å². The topological polar surface area (TPSA) is 100 Å². The van der Waals surface area contributed by atoms with Crippen LogP contribution < -0.4 is 15.0 Å². The minimum Gasteiger partial charge on any atom is -0.481 e. The van der Waals surface area contributed by atoms with E-state index in [1.165, 1.54) is 13.3 Å². The summed E-state index contributed by atoms with van der Waals surface area (Å²) in [5.74, 6) is 0.206. The summed E-state index contributed by atoms with van der Waals surface area (Å²) in [5, 5.41) is 10.8. The van der Waals surface area contributed by atoms with Gasteiger partial charge in [-0.05, 0) is 24.3 Å². The van der Waals surface area contributed by atoms with Crippen molar-refractivity contribution in [1.82, 2.24) is 15.2 Å². The largest absolute Gasteiger partial charge is 0.481 e. The third kappa shape index (κ3) is 3.37. The molecular formula is C18H16BrN5O3. The van der Waals surface area contributed by atoms with Gasteiger partial charge in [-0.2, -0.15) is 5.10 Å². The van der Waals surface area contributed by atoms with Crippen LogP contribution in [-0.2, 0) is 9.59 Å². The first-order chi connectivity index (χ1) is 13.0. The summed E-state index contributed by atoms with van der Waals surface area (Å²) in [5.41, 5.74) is 1.38. The van der Waals surface area contributed by atoms with Crippen molar-refractivity contribution in [2.75, 3.05) is 23.9 Å². The van der Waals surface area contributed by atoms with Crippen molar-refractivity contribution in [2.45, 2.75) is 6.42 Å². The number of nitrogens with zero attached hydrogens (tertiary/aromatic N) is 3. The molecule has 1 atom stereocenters. The fraction of sp³-hybridized carbons (Fsp3) is 0.222. The number of benzene rings is 1. The van der Waals surface area contributed by atoms with Crippen LogP contribution in [0.2, 0.25) is 0 Å². The van der Waals surface area contributed by atoms with E-state index in [0.717, 1.165) is 15.4 Å². The van der Waals surface area contributed by atoms with Crippen LogP contribution in [-0.4, -0.2) is 40.7 Å². The molecule has 0 bridgehead atoms. The predicted octanol–water partition coefficient (Wildman–Crippen LogP) is 2.72. The highest BCUT2D eigenvalue weighted by molar-refractivity contribution is 9.10. The van der Waals surface area contributed by atoms with Crippen LogP contribution in [0.4, 0.5) is 11.5 Å². The Morgan fingerprint density at radius 2 is 2.22 bits per heavy atom. The van der Waals surface area contributed by atoms with E-state index in [9.17, 15) is 9.59 Å². The second kappa shape index (κ2) is 6.99. The first kappa shape index (κ1) is 17.5. The van der Waals surface area contributed by atoms with Gasteiger partial charge in [-0.15, -0.1) is 0 Å². The fourth-order valence-corrected chi connectivity index (χ4v) is 3.45. The Bertz CT molecular complexity index is 1020. The molecule has 3 aromatic rings. The number of aromatic nitrogens is 3. The molecule has 2 N–H and O–H groups in total. The summed E-state index contributed by atoms with van der Waals surface area (Å²) in [6, 6.07) is 9.05. The van der Waals surface area contributed by atoms with Gasteiger partial charge in [0, 0.05) is 28.9 Å². The maximum absolute atomic E-state index is 12.6. The smallest absolute Gasteiger partial charge is 0.229 e. The highest BCUT2D eigenvalue weighted by Crippen LogP contribution is 2.31. The Hall–Kier alpha value is -2.94. The van der Waals surface area contributed by atoms with Gasteiger partial charge in [-0.3, -0.25) is 19.6 Å². The molecule has 3 heterocycles. The Morgan fingerprint density at radius 1 is 1.37 bits per heavy atom. The normalized spacial score (nSPS) is 16.7. The molecule has 1 aliphatic heterocycles. The van der Waals surface area contributed by atoms with E-state index in [4.69, 9.17) is 4.74 Å². The predicted molar refractivity (Wildman–Crippen MR) is 104 cm³/mol. The van der Waals surface area contributed by atoms with Gasteiger partial charge in [0.25, 0.3) is 0 Å². The molecule has 0 radical (unpaired) electrons. The summed E-state index contributed by atoms with van der Waals surface area (Å²) in [6.45, 7) is 0.282. The number of aromatic amines is 1. The van der Waals surface area contributed by atoms with Gasteiger partial charge < -0.3 is 10.1 Å². The van der Waals surface area contributed by atoms with Crippen LogP contribution in [0.5, 0.6) is 5.88 Å². The molecule has 0 unspecified atom stereocenters. The maximum atomic E-state index is 12.6. The summed E-state index contributed by atoms with van der Waals surface area (Å²) in [7, 11) is 1.52. The molecule has 0 spiro atoms. The van der Waals surface area contributed by atoms with Gasteiger partial charge in [0.1, 0.15) is 0 Å². The van der Waals surface area contributed by atoms with Crippen molar-refractivity contribution in [2.24, 2.45) is 5.92 Å². The average molecular weight is 430 g/mol. The first-order valence-corrected chi connectivity index (χ1v) is 9.09. The van der Waals surface area contributed by atoms with E-state index in [1.54, 1.807) is 17.0 Å². The first-order valence-electron chi connectivity index (χ1n) is 8.30. The van der Waals surface area contributed by atoms with Crippen molar-refractivity contribution in [3.05, 3.63) is 41.0 Å². The number of rotatable bonds is 4.